The molecule has 1 aliphatic carbocycles. The van der Waals surface area contributed by atoms with Crippen molar-refractivity contribution < 1.29 is 14.6 Å². The third kappa shape index (κ3) is 5.32. The Bertz CT molecular complexity index is 232. The molecule has 1 aliphatic rings. The highest BCUT2D eigenvalue weighted by atomic mass is 16.6. The van der Waals surface area contributed by atoms with Crippen LogP contribution < -0.4 is 10.6 Å². The zero-order valence-electron chi connectivity index (χ0n) is 10.2. The summed E-state index contributed by atoms with van der Waals surface area (Å²) in [6.45, 7) is 6.75. The maximum atomic E-state index is 11.2. The number of carbonyl (C=O) groups excluding carboxylic acids is 1. The van der Waals surface area contributed by atoms with Crippen LogP contribution in [0, 0.1) is 0 Å². The van der Waals surface area contributed by atoms with Gasteiger partial charge in [0.05, 0.1) is 6.10 Å². The van der Waals surface area contributed by atoms with Crippen LogP contribution in [0.15, 0.2) is 0 Å². The predicted molar refractivity (Wildman–Crippen MR) is 61.3 cm³/mol. The van der Waals surface area contributed by atoms with Gasteiger partial charge in [0.1, 0.15) is 5.60 Å². The smallest absolute Gasteiger partial charge is 0.407 e. The van der Waals surface area contributed by atoms with E-state index >= 15 is 0 Å². The topological polar surface area (TPSA) is 70.6 Å². The molecule has 0 aromatic heterocycles. The molecule has 5 heteroatoms. The molecule has 0 saturated heterocycles. The van der Waals surface area contributed by atoms with E-state index in [0.717, 1.165) is 12.8 Å². The lowest BCUT2D eigenvalue weighted by atomic mass is 9.90. The number of carbonyl (C=O) groups is 1. The van der Waals surface area contributed by atoms with Gasteiger partial charge in [-0.2, -0.15) is 0 Å². The minimum atomic E-state index is -0.449. The average Bonchev–Trinajstić information content (AvgIpc) is 2.05. The molecule has 5 nitrogen and oxygen atoms in total. The van der Waals surface area contributed by atoms with Gasteiger partial charge < -0.3 is 20.5 Å². The lowest BCUT2D eigenvalue weighted by Crippen LogP contribution is -2.46. The summed E-state index contributed by atoms with van der Waals surface area (Å²) in [5.41, 5.74) is -0.449. The van der Waals surface area contributed by atoms with Crippen LogP contribution in [0.5, 0.6) is 0 Å². The van der Waals surface area contributed by atoms with Crippen LogP contribution in [0.3, 0.4) is 0 Å². The fourth-order valence-electron chi connectivity index (χ4n) is 1.51. The molecule has 1 rings (SSSR count). The second-order valence-corrected chi connectivity index (χ2v) is 5.20. The first-order valence-electron chi connectivity index (χ1n) is 5.75. The number of amides is 1. The summed E-state index contributed by atoms with van der Waals surface area (Å²) in [6, 6.07) is 0.399. The summed E-state index contributed by atoms with van der Waals surface area (Å²) < 4.78 is 5.08. The minimum absolute atomic E-state index is 0.142. The highest BCUT2D eigenvalue weighted by Gasteiger charge is 2.26. The van der Waals surface area contributed by atoms with Crippen LogP contribution in [0.2, 0.25) is 0 Å². The first kappa shape index (κ1) is 13.3. The third-order valence-corrected chi connectivity index (χ3v) is 2.34. The molecule has 0 aliphatic heterocycles. The van der Waals surface area contributed by atoms with E-state index in [1.54, 1.807) is 0 Å². The Hall–Kier alpha value is -0.810. The first-order valence-corrected chi connectivity index (χ1v) is 5.75. The van der Waals surface area contributed by atoms with Gasteiger partial charge in [-0.3, -0.25) is 0 Å². The van der Waals surface area contributed by atoms with Gasteiger partial charge in [0, 0.05) is 19.1 Å². The van der Waals surface area contributed by atoms with Crippen molar-refractivity contribution in [3.63, 3.8) is 0 Å². The van der Waals surface area contributed by atoms with Crippen LogP contribution >= 0.6 is 0 Å². The molecule has 0 bridgehead atoms. The number of aliphatic hydroxyl groups is 1. The molecule has 0 aromatic rings. The molecule has 0 unspecified atom stereocenters. The molecule has 16 heavy (non-hydrogen) atoms. The van der Waals surface area contributed by atoms with Crippen molar-refractivity contribution in [3.8, 4) is 0 Å². The van der Waals surface area contributed by atoms with Gasteiger partial charge in [0.15, 0.2) is 0 Å². The Kier molecular flexibility index (Phi) is 4.56. The summed E-state index contributed by atoms with van der Waals surface area (Å²) in [5.74, 6) is 0. The standard InChI is InChI=1S/C11H22N2O3/c1-11(2,3)16-10(15)13-5-4-12-8-6-9(14)7-8/h8-9,12,14H,4-7H2,1-3H3,(H,13,15). The van der Waals surface area contributed by atoms with Gasteiger partial charge >= 0.3 is 6.09 Å². The lowest BCUT2D eigenvalue weighted by Gasteiger charge is -2.32. The predicted octanol–water partition coefficient (Wildman–Crippen LogP) is 0.624. The molecular weight excluding hydrogens is 208 g/mol. The van der Waals surface area contributed by atoms with Gasteiger partial charge in [-0.25, -0.2) is 4.79 Å². The quantitative estimate of drug-likeness (QED) is 0.619. The van der Waals surface area contributed by atoms with Crippen molar-refractivity contribution in [2.45, 2.75) is 51.4 Å². The number of aliphatic hydroxyl groups excluding tert-OH is 1. The summed E-state index contributed by atoms with van der Waals surface area (Å²) >= 11 is 0. The van der Waals surface area contributed by atoms with Crippen LogP contribution in [0.4, 0.5) is 4.79 Å². The zero-order valence-corrected chi connectivity index (χ0v) is 10.2. The molecule has 1 amide bonds. The van der Waals surface area contributed by atoms with Crippen molar-refractivity contribution >= 4 is 6.09 Å². The number of ether oxygens (including phenoxy) is 1. The minimum Gasteiger partial charge on any atom is -0.444 e. The van der Waals surface area contributed by atoms with Crippen LogP contribution in [0.1, 0.15) is 33.6 Å². The van der Waals surface area contributed by atoms with E-state index in [9.17, 15) is 4.79 Å². The molecule has 1 saturated carbocycles. The highest BCUT2D eigenvalue weighted by Crippen LogP contribution is 2.18. The van der Waals surface area contributed by atoms with Crippen molar-refractivity contribution in [3.05, 3.63) is 0 Å². The van der Waals surface area contributed by atoms with Crippen molar-refractivity contribution in [2.75, 3.05) is 13.1 Å². The van der Waals surface area contributed by atoms with Crippen LogP contribution in [-0.2, 0) is 4.74 Å². The summed E-state index contributed by atoms with van der Waals surface area (Å²) in [7, 11) is 0. The van der Waals surface area contributed by atoms with E-state index in [1.165, 1.54) is 0 Å². The monoisotopic (exact) mass is 230 g/mol. The average molecular weight is 230 g/mol. The van der Waals surface area contributed by atoms with E-state index in [2.05, 4.69) is 10.6 Å². The van der Waals surface area contributed by atoms with Gasteiger partial charge in [0.2, 0.25) is 0 Å². The summed E-state index contributed by atoms with van der Waals surface area (Å²) in [6.07, 6.45) is 1.10. The fraction of sp³-hybridized carbons (Fsp3) is 0.909. The van der Waals surface area contributed by atoms with E-state index in [4.69, 9.17) is 9.84 Å². The largest absolute Gasteiger partial charge is 0.444 e. The highest BCUT2D eigenvalue weighted by molar-refractivity contribution is 5.67. The molecule has 94 valence electrons. The molecule has 0 atom stereocenters. The number of hydrogen-bond acceptors (Lipinski definition) is 4. The second kappa shape index (κ2) is 5.50. The SMILES string of the molecule is CC(C)(C)OC(=O)NCCNC1CC(O)C1. The zero-order chi connectivity index (χ0) is 12.2. The molecule has 3 N–H and O–H groups in total. The molecule has 0 spiro atoms. The first-order chi connectivity index (χ1) is 7.37. The van der Waals surface area contributed by atoms with Crippen molar-refractivity contribution in [2.24, 2.45) is 0 Å². The van der Waals surface area contributed by atoms with E-state index in [1.807, 2.05) is 20.8 Å². The number of hydrogen-bond donors (Lipinski definition) is 3. The normalized spacial score (nSPS) is 24.8. The number of nitrogens with one attached hydrogen (secondary N) is 2. The molecule has 0 heterocycles. The Morgan fingerprint density at radius 1 is 1.38 bits per heavy atom. The molecule has 0 aromatic carbocycles. The van der Waals surface area contributed by atoms with Crippen molar-refractivity contribution in [1.82, 2.24) is 10.6 Å². The van der Waals surface area contributed by atoms with Gasteiger partial charge in [-0.15, -0.1) is 0 Å². The Morgan fingerprint density at radius 3 is 2.50 bits per heavy atom. The van der Waals surface area contributed by atoms with E-state index < -0.39 is 5.60 Å². The lowest BCUT2D eigenvalue weighted by molar-refractivity contribution is 0.0511. The Morgan fingerprint density at radius 2 is 2.00 bits per heavy atom. The number of rotatable bonds is 4. The van der Waals surface area contributed by atoms with Crippen LogP contribution in [-0.4, -0.2) is 42.0 Å². The maximum Gasteiger partial charge on any atom is 0.407 e. The molecular formula is C11H22N2O3. The summed E-state index contributed by atoms with van der Waals surface area (Å²) in [4.78, 5) is 11.2. The number of alkyl carbamates (subject to hydrolysis) is 1. The Balaban J connectivity index is 1.96. The summed E-state index contributed by atoms with van der Waals surface area (Å²) in [5, 5.41) is 15.0. The molecule has 1 fully saturated rings. The van der Waals surface area contributed by atoms with Gasteiger partial charge in [-0.1, -0.05) is 0 Å². The van der Waals surface area contributed by atoms with E-state index in [-0.39, 0.29) is 12.2 Å². The Labute approximate surface area is 96.6 Å². The van der Waals surface area contributed by atoms with Crippen molar-refractivity contribution in [1.29, 1.82) is 0 Å². The van der Waals surface area contributed by atoms with E-state index in [0.29, 0.717) is 19.1 Å². The molecule has 0 radical (unpaired) electrons. The fourth-order valence-corrected chi connectivity index (χ4v) is 1.51. The third-order valence-electron chi connectivity index (χ3n) is 2.34. The van der Waals surface area contributed by atoms with Gasteiger partial charge in [0.25, 0.3) is 0 Å². The second-order valence-electron chi connectivity index (χ2n) is 5.20. The maximum absolute atomic E-state index is 11.2. The van der Waals surface area contributed by atoms with Crippen LogP contribution in [0.25, 0.3) is 0 Å². The van der Waals surface area contributed by atoms with Gasteiger partial charge in [-0.05, 0) is 33.6 Å².